The van der Waals surface area contributed by atoms with Crippen LogP contribution < -0.4 is 5.32 Å². The van der Waals surface area contributed by atoms with Gasteiger partial charge in [0.25, 0.3) is 0 Å². The summed E-state index contributed by atoms with van der Waals surface area (Å²) in [5.41, 5.74) is 3.36. The van der Waals surface area contributed by atoms with Crippen LogP contribution in [-0.2, 0) is 0 Å². The number of hydrogen-bond donors (Lipinski definition) is 1. The van der Waals surface area contributed by atoms with Gasteiger partial charge in [0.15, 0.2) is 0 Å². The third-order valence-electron chi connectivity index (χ3n) is 3.25. The second-order valence-corrected chi connectivity index (χ2v) is 6.35. The van der Waals surface area contributed by atoms with Crippen molar-refractivity contribution in [2.24, 2.45) is 0 Å². The molecule has 0 saturated heterocycles. The highest BCUT2D eigenvalue weighted by molar-refractivity contribution is 9.10. The van der Waals surface area contributed by atoms with Crippen LogP contribution in [0.2, 0.25) is 10.0 Å². The molecule has 1 unspecified atom stereocenters. The highest BCUT2D eigenvalue weighted by Crippen LogP contribution is 2.37. The molecule has 1 N–H and O–H groups in total. The van der Waals surface area contributed by atoms with Gasteiger partial charge in [-0.05, 0) is 47.0 Å². The maximum absolute atomic E-state index is 6.29. The monoisotopic (exact) mass is 371 g/mol. The van der Waals surface area contributed by atoms with Gasteiger partial charge in [-0.2, -0.15) is 0 Å². The number of aryl methyl sites for hydroxylation is 1. The fourth-order valence-corrected chi connectivity index (χ4v) is 2.87. The molecule has 1 nitrogen and oxygen atoms in total. The average Bonchev–Trinajstić information content (AvgIpc) is 2.45. The Labute approximate surface area is 138 Å². The third kappa shape index (κ3) is 3.49. The van der Waals surface area contributed by atoms with Gasteiger partial charge in [0.2, 0.25) is 0 Å². The number of rotatable bonds is 4. The summed E-state index contributed by atoms with van der Waals surface area (Å²) in [5.74, 6) is 0. The number of halogens is 3. The highest BCUT2D eigenvalue weighted by Gasteiger charge is 2.13. The van der Waals surface area contributed by atoms with Crippen LogP contribution in [0.5, 0.6) is 0 Å². The van der Waals surface area contributed by atoms with Crippen molar-refractivity contribution in [3.05, 3.63) is 62.0 Å². The van der Waals surface area contributed by atoms with Crippen molar-refractivity contribution in [2.45, 2.75) is 26.3 Å². The van der Waals surface area contributed by atoms with Gasteiger partial charge in [0.1, 0.15) is 0 Å². The molecule has 2 rings (SSSR count). The summed E-state index contributed by atoms with van der Waals surface area (Å²) >= 11 is 15.8. The maximum atomic E-state index is 6.29. The van der Waals surface area contributed by atoms with Crippen LogP contribution in [0, 0.1) is 6.92 Å². The molecule has 106 valence electrons. The standard InChI is InChI=1S/C16H16BrCl2N/c1-3-13(11-6-4-10(2)5-7-11)20-14-9-8-12(17)15(18)16(14)19/h4-9,13,20H,3H2,1-2H3. The van der Waals surface area contributed by atoms with E-state index in [0.717, 1.165) is 16.6 Å². The Morgan fingerprint density at radius 2 is 1.70 bits per heavy atom. The summed E-state index contributed by atoms with van der Waals surface area (Å²) in [4.78, 5) is 0. The molecule has 0 spiro atoms. The zero-order valence-electron chi connectivity index (χ0n) is 11.4. The van der Waals surface area contributed by atoms with Gasteiger partial charge in [0.05, 0.1) is 21.8 Å². The summed E-state index contributed by atoms with van der Waals surface area (Å²) in [5, 5.41) is 4.55. The summed E-state index contributed by atoms with van der Waals surface area (Å²) in [7, 11) is 0. The Kier molecular flexibility index (Phi) is 5.36. The van der Waals surface area contributed by atoms with Crippen LogP contribution in [0.4, 0.5) is 5.69 Å². The van der Waals surface area contributed by atoms with Crippen LogP contribution in [0.1, 0.15) is 30.5 Å². The second kappa shape index (κ2) is 6.84. The molecule has 0 aliphatic rings. The molecule has 0 radical (unpaired) electrons. The molecule has 0 amide bonds. The van der Waals surface area contributed by atoms with E-state index in [2.05, 4.69) is 59.4 Å². The molecule has 20 heavy (non-hydrogen) atoms. The van der Waals surface area contributed by atoms with Gasteiger partial charge in [-0.15, -0.1) is 0 Å². The van der Waals surface area contributed by atoms with Crippen molar-refractivity contribution >= 4 is 44.8 Å². The molecule has 1 atom stereocenters. The Bertz CT molecular complexity index is 596. The highest BCUT2D eigenvalue weighted by atomic mass is 79.9. The van der Waals surface area contributed by atoms with Crippen LogP contribution in [0.3, 0.4) is 0 Å². The first-order valence-electron chi connectivity index (χ1n) is 6.49. The largest absolute Gasteiger partial charge is 0.377 e. The van der Waals surface area contributed by atoms with Gasteiger partial charge in [-0.3, -0.25) is 0 Å². The fraction of sp³-hybridized carbons (Fsp3) is 0.250. The smallest absolute Gasteiger partial charge is 0.0835 e. The topological polar surface area (TPSA) is 12.0 Å². The van der Waals surface area contributed by atoms with Crippen molar-refractivity contribution in [3.63, 3.8) is 0 Å². The first-order valence-corrected chi connectivity index (χ1v) is 8.04. The van der Waals surface area contributed by atoms with Crippen LogP contribution in [0.15, 0.2) is 40.9 Å². The fourth-order valence-electron chi connectivity index (χ4n) is 2.04. The summed E-state index contributed by atoms with van der Waals surface area (Å²) in [6.07, 6.45) is 0.965. The predicted octanol–water partition coefficient (Wildman–Crippen LogP) is 6.63. The number of hydrogen-bond acceptors (Lipinski definition) is 1. The van der Waals surface area contributed by atoms with E-state index in [9.17, 15) is 0 Å². The second-order valence-electron chi connectivity index (χ2n) is 4.74. The van der Waals surface area contributed by atoms with Crippen molar-refractivity contribution in [3.8, 4) is 0 Å². The molecule has 0 fully saturated rings. The van der Waals surface area contributed by atoms with E-state index in [-0.39, 0.29) is 6.04 Å². The summed E-state index contributed by atoms with van der Waals surface area (Å²) in [6.45, 7) is 4.23. The molecule has 2 aromatic rings. The maximum Gasteiger partial charge on any atom is 0.0835 e. The first-order chi connectivity index (χ1) is 9.52. The minimum Gasteiger partial charge on any atom is -0.377 e. The summed E-state index contributed by atoms with van der Waals surface area (Å²) in [6, 6.07) is 12.6. The van der Waals surface area contributed by atoms with Crippen molar-refractivity contribution in [1.29, 1.82) is 0 Å². The van der Waals surface area contributed by atoms with E-state index in [1.165, 1.54) is 11.1 Å². The lowest BCUT2D eigenvalue weighted by atomic mass is 10.0. The van der Waals surface area contributed by atoms with E-state index in [1.54, 1.807) is 0 Å². The Hall–Kier alpha value is -0.700. The molecule has 2 aromatic carbocycles. The zero-order valence-corrected chi connectivity index (χ0v) is 14.5. The quantitative estimate of drug-likeness (QED) is 0.594. The Balaban J connectivity index is 2.27. The molecule has 0 aliphatic heterocycles. The van der Waals surface area contributed by atoms with Gasteiger partial charge in [-0.25, -0.2) is 0 Å². The minimum absolute atomic E-state index is 0.213. The molecule has 0 heterocycles. The average molecular weight is 373 g/mol. The molecule has 0 bridgehead atoms. The van der Waals surface area contributed by atoms with Gasteiger partial charge < -0.3 is 5.32 Å². The first kappa shape index (κ1) is 15.7. The number of nitrogens with one attached hydrogen (secondary N) is 1. The SMILES string of the molecule is CCC(Nc1ccc(Br)c(Cl)c1Cl)c1ccc(C)cc1. The molecule has 4 heteroatoms. The van der Waals surface area contributed by atoms with E-state index < -0.39 is 0 Å². The van der Waals surface area contributed by atoms with E-state index in [4.69, 9.17) is 23.2 Å². The lowest BCUT2D eigenvalue weighted by Gasteiger charge is -2.20. The van der Waals surface area contributed by atoms with Gasteiger partial charge in [-0.1, -0.05) is 60.0 Å². The lowest BCUT2D eigenvalue weighted by Crippen LogP contribution is -2.10. The van der Waals surface area contributed by atoms with E-state index >= 15 is 0 Å². The molecule has 0 aromatic heterocycles. The predicted molar refractivity (Wildman–Crippen MR) is 92.0 cm³/mol. The number of benzene rings is 2. The molecule has 0 saturated carbocycles. The van der Waals surface area contributed by atoms with E-state index in [0.29, 0.717) is 10.0 Å². The molecule has 0 aliphatic carbocycles. The molecular weight excluding hydrogens is 357 g/mol. The third-order valence-corrected chi connectivity index (χ3v) is 5.02. The van der Waals surface area contributed by atoms with Crippen molar-refractivity contribution < 1.29 is 0 Å². The Morgan fingerprint density at radius 1 is 1.05 bits per heavy atom. The van der Waals surface area contributed by atoms with Crippen LogP contribution >= 0.6 is 39.1 Å². The summed E-state index contributed by atoms with van der Waals surface area (Å²) < 4.78 is 0.804. The van der Waals surface area contributed by atoms with E-state index in [1.807, 2.05) is 12.1 Å². The van der Waals surface area contributed by atoms with Crippen LogP contribution in [-0.4, -0.2) is 0 Å². The van der Waals surface area contributed by atoms with Crippen LogP contribution in [0.25, 0.3) is 0 Å². The molecular formula is C16H16BrCl2N. The minimum atomic E-state index is 0.213. The zero-order chi connectivity index (χ0) is 14.7. The van der Waals surface area contributed by atoms with Gasteiger partial charge in [0, 0.05) is 4.47 Å². The van der Waals surface area contributed by atoms with Gasteiger partial charge >= 0.3 is 0 Å². The van der Waals surface area contributed by atoms with Crippen molar-refractivity contribution in [2.75, 3.05) is 5.32 Å². The number of anilines is 1. The lowest BCUT2D eigenvalue weighted by molar-refractivity contribution is 0.749. The van der Waals surface area contributed by atoms with Crippen molar-refractivity contribution in [1.82, 2.24) is 0 Å². The Morgan fingerprint density at radius 3 is 2.30 bits per heavy atom. The normalized spacial score (nSPS) is 12.2.